The molecule has 2 heterocycles. The number of nitrogens with zero attached hydrogens (tertiary/aromatic N) is 1. The predicted octanol–water partition coefficient (Wildman–Crippen LogP) is 4.75. The smallest absolute Gasteiger partial charge is 0.117 e. The lowest BCUT2D eigenvalue weighted by molar-refractivity contribution is 0.570. The van der Waals surface area contributed by atoms with E-state index in [-0.39, 0.29) is 5.41 Å². The third-order valence-corrected chi connectivity index (χ3v) is 5.33. The van der Waals surface area contributed by atoms with Gasteiger partial charge in [-0.05, 0) is 35.1 Å². The molecule has 0 saturated heterocycles. The Morgan fingerprint density at radius 2 is 2.00 bits per heavy atom. The summed E-state index contributed by atoms with van der Waals surface area (Å²) in [5.74, 6) is 0. The summed E-state index contributed by atoms with van der Waals surface area (Å²) in [4.78, 5) is 1.41. The molecule has 0 unspecified atom stereocenters. The maximum absolute atomic E-state index is 4.46. The number of benzene rings is 1. The number of hydrogen-bond acceptors (Lipinski definition) is 4. The van der Waals surface area contributed by atoms with E-state index in [9.17, 15) is 0 Å². The first-order chi connectivity index (χ1) is 9.17. The number of hydrogen-bond donors (Lipinski definition) is 1. The fraction of sp³-hybridized carbons (Fsp3) is 0.267. The summed E-state index contributed by atoms with van der Waals surface area (Å²) in [5, 5.41) is 8.08. The fourth-order valence-electron chi connectivity index (χ4n) is 2.07. The van der Waals surface area contributed by atoms with Crippen molar-refractivity contribution in [2.45, 2.75) is 19.3 Å². The molecule has 1 aromatic carbocycles. The minimum Gasteiger partial charge on any atom is -0.374 e. The van der Waals surface area contributed by atoms with Gasteiger partial charge in [0.1, 0.15) is 5.00 Å². The van der Waals surface area contributed by atoms with E-state index >= 15 is 0 Å². The summed E-state index contributed by atoms with van der Waals surface area (Å²) in [6.07, 6.45) is 0. The van der Waals surface area contributed by atoms with Gasteiger partial charge in [0.15, 0.2) is 0 Å². The van der Waals surface area contributed by atoms with Crippen molar-refractivity contribution in [1.29, 1.82) is 0 Å². The molecule has 0 fully saturated rings. The van der Waals surface area contributed by atoms with E-state index in [4.69, 9.17) is 0 Å². The standard InChI is InChI=1S/C15H16N2S2/c1-15(2,13-8-5-9-18-13)10-16-14-11-6-3-4-7-12(11)17-19-14/h3-9,16H,10H2,1-2H3. The highest BCUT2D eigenvalue weighted by molar-refractivity contribution is 7.11. The van der Waals surface area contributed by atoms with Crippen LogP contribution in [0.5, 0.6) is 0 Å². The van der Waals surface area contributed by atoms with Crippen molar-refractivity contribution in [1.82, 2.24) is 4.37 Å². The molecule has 19 heavy (non-hydrogen) atoms. The summed E-state index contributed by atoms with van der Waals surface area (Å²) < 4.78 is 4.46. The minimum atomic E-state index is 0.138. The van der Waals surface area contributed by atoms with Gasteiger partial charge in [0.25, 0.3) is 0 Å². The van der Waals surface area contributed by atoms with Crippen LogP contribution in [0.15, 0.2) is 41.8 Å². The van der Waals surface area contributed by atoms with Crippen molar-refractivity contribution in [3.05, 3.63) is 46.7 Å². The molecule has 0 aliphatic carbocycles. The summed E-state index contributed by atoms with van der Waals surface area (Å²) in [7, 11) is 0. The van der Waals surface area contributed by atoms with Crippen molar-refractivity contribution in [2.75, 3.05) is 11.9 Å². The zero-order valence-corrected chi connectivity index (χ0v) is 12.6. The Balaban J connectivity index is 1.79. The van der Waals surface area contributed by atoms with Gasteiger partial charge >= 0.3 is 0 Å². The lowest BCUT2D eigenvalue weighted by atomic mass is 9.91. The largest absolute Gasteiger partial charge is 0.374 e. The second-order valence-electron chi connectivity index (χ2n) is 5.24. The first kappa shape index (κ1) is 12.6. The normalized spacial score (nSPS) is 11.9. The minimum absolute atomic E-state index is 0.138. The van der Waals surface area contributed by atoms with Crippen LogP contribution < -0.4 is 5.32 Å². The van der Waals surface area contributed by atoms with Gasteiger partial charge in [-0.15, -0.1) is 11.3 Å². The number of anilines is 1. The van der Waals surface area contributed by atoms with Crippen LogP contribution in [-0.4, -0.2) is 10.9 Å². The molecule has 0 atom stereocenters. The van der Waals surface area contributed by atoms with Crippen LogP contribution in [0.2, 0.25) is 0 Å². The second kappa shape index (κ2) is 4.94. The predicted molar refractivity (Wildman–Crippen MR) is 85.5 cm³/mol. The van der Waals surface area contributed by atoms with Gasteiger partial charge in [0.2, 0.25) is 0 Å². The molecule has 1 N–H and O–H groups in total. The summed E-state index contributed by atoms with van der Waals surface area (Å²) in [6, 6.07) is 12.6. The molecule has 2 nitrogen and oxygen atoms in total. The third-order valence-electron chi connectivity index (χ3n) is 3.26. The van der Waals surface area contributed by atoms with E-state index in [2.05, 4.69) is 59.2 Å². The Morgan fingerprint density at radius 1 is 1.16 bits per heavy atom. The maximum Gasteiger partial charge on any atom is 0.117 e. The van der Waals surface area contributed by atoms with E-state index in [0.717, 1.165) is 12.1 Å². The quantitative estimate of drug-likeness (QED) is 0.749. The van der Waals surface area contributed by atoms with Gasteiger partial charge in [-0.1, -0.05) is 32.0 Å². The fourth-order valence-corrected chi connectivity index (χ4v) is 3.68. The van der Waals surface area contributed by atoms with Gasteiger partial charge in [-0.2, -0.15) is 4.37 Å². The van der Waals surface area contributed by atoms with E-state index in [0.29, 0.717) is 0 Å². The van der Waals surface area contributed by atoms with Gasteiger partial charge in [-0.25, -0.2) is 0 Å². The molecule has 0 bridgehead atoms. The van der Waals surface area contributed by atoms with Crippen LogP contribution >= 0.6 is 22.9 Å². The number of aromatic nitrogens is 1. The summed E-state index contributed by atoms with van der Waals surface area (Å²) in [5.41, 5.74) is 1.21. The Bertz CT molecular complexity index is 668. The van der Waals surface area contributed by atoms with Crippen LogP contribution in [0, 0.1) is 0 Å². The molecule has 3 aromatic rings. The molecule has 2 aromatic heterocycles. The van der Waals surface area contributed by atoms with E-state index in [1.165, 1.54) is 15.3 Å². The average Bonchev–Trinajstić information content (AvgIpc) is 3.07. The number of nitrogens with one attached hydrogen (secondary N) is 1. The van der Waals surface area contributed by atoms with Crippen molar-refractivity contribution < 1.29 is 0 Å². The first-order valence-electron chi connectivity index (χ1n) is 6.29. The highest BCUT2D eigenvalue weighted by Crippen LogP contribution is 2.31. The van der Waals surface area contributed by atoms with E-state index in [1.54, 1.807) is 11.5 Å². The number of fused-ring (bicyclic) bond motifs is 1. The Hall–Kier alpha value is -1.39. The topological polar surface area (TPSA) is 24.9 Å². The molecule has 3 rings (SSSR count). The number of rotatable bonds is 4. The number of thiophene rings is 1. The highest BCUT2D eigenvalue weighted by Gasteiger charge is 2.22. The highest BCUT2D eigenvalue weighted by atomic mass is 32.1. The third kappa shape index (κ3) is 2.51. The van der Waals surface area contributed by atoms with Crippen LogP contribution in [0.1, 0.15) is 18.7 Å². The molecule has 98 valence electrons. The molecule has 0 saturated carbocycles. The molecule has 4 heteroatoms. The van der Waals surface area contributed by atoms with Gasteiger partial charge < -0.3 is 5.32 Å². The van der Waals surface area contributed by atoms with E-state index < -0.39 is 0 Å². The maximum atomic E-state index is 4.46. The van der Waals surface area contributed by atoms with Crippen LogP contribution in [0.4, 0.5) is 5.00 Å². The Morgan fingerprint density at radius 3 is 2.79 bits per heavy atom. The molecule has 0 aliphatic rings. The van der Waals surface area contributed by atoms with Crippen LogP contribution in [0.3, 0.4) is 0 Å². The van der Waals surface area contributed by atoms with Crippen molar-refractivity contribution >= 4 is 38.8 Å². The molecule has 0 radical (unpaired) electrons. The first-order valence-corrected chi connectivity index (χ1v) is 7.94. The van der Waals surface area contributed by atoms with Gasteiger partial charge in [0.05, 0.1) is 5.52 Å². The van der Waals surface area contributed by atoms with Crippen molar-refractivity contribution in [2.24, 2.45) is 0 Å². The van der Waals surface area contributed by atoms with Crippen molar-refractivity contribution in [3.8, 4) is 0 Å². The molecular weight excluding hydrogens is 272 g/mol. The monoisotopic (exact) mass is 288 g/mol. The van der Waals surface area contributed by atoms with E-state index in [1.807, 2.05) is 17.4 Å². The zero-order chi connectivity index (χ0) is 13.3. The summed E-state index contributed by atoms with van der Waals surface area (Å²) >= 11 is 3.36. The molecule has 0 spiro atoms. The molecular formula is C15H16N2S2. The average molecular weight is 288 g/mol. The van der Waals surface area contributed by atoms with Crippen LogP contribution in [0.25, 0.3) is 10.9 Å². The lowest BCUT2D eigenvalue weighted by Gasteiger charge is -2.23. The molecule has 0 aliphatic heterocycles. The zero-order valence-electron chi connectivity index (χ0n) is 11.0. The lowest BCUT2D eigenvalue weighted by Crippen LogP contribution is -2.26. The van der Waals surface area contributed by atoms with Crippen LogP contribution in [-0.2, 0) is 5.41 Å². The Labute approximate surface area is 121 Å². The van der Waals surface area contributed by atoms with Gasteiger partial charge in [0, 0.05) is 22.2 Å². The second-order valence-corrected chi connectivity index (χ2v) is 6.96. The van der Waals surface area contributed by atoms with Gasteiger partial charge in [-0.3, -0.25) is 0 Å². The SMILES string of the molecule is CC(C)(CNc1snc2ccccc12)c1cccs1. The summed E-state index contributed by atoms with van der Waals surface area (Å²) in [6.45, 7) is 5.46. The van der Waals surface area contributed by atoms with Crippen molar-refractivity contribution in [3.63, 3.8) is 0 Å². The Kier molecular flexibility index (Phi) is 3.29. The molecule has 0 amide bonds.